The van der Waals surface area contributed by atoms with Gasteiger partial charge in [0, 0.05) is 12.6 Å². The monoisotopic (exact) mass is 421 g/mol. The lowest BCUT2D eigenvalue weighted by Crippen LogP contribution is -2.41. The number of nitrogens with one attached hydrogen (secondary N) is 1. The number of nitrogens with zero attached hydrogens (tertiary/aromatic N) is 2. The Bertz CT molecular complexity index is 995. The molecule has 0 bridgehead atoms. The van der Waals surface area contributed by atoms with Gasteiger partial charge < -0.3 is 14.4 Å². The maximum atomic E-state index is 12.0. The first-order valence-corrected chi connectivity index (χ1v) is 10.7. The highest BCUT2D eigenvalue weighted by Gasteiger charge is 2.28. The second kappa shape index (κ2) is 8.66. The van der Waals surface area contributed by atoms with E-state index in [1.54, 1.807) is 0 Å². The van der Waals surface area contributed by atoms with E-state index in [-0.39, 0.29) is 16.7 Å². The molecule has 1 heterocycles. The molecule has 0 aliphatic carbocycles. The second-order valence-corrected chi connectivity index (χ2v) is 8.45. The summed E-state index contributed by atoms with van der Waals surface area (Å²) in [4.78, 5) is 12.8. The average Bonchev–Trinajstić information content (AvgIpc) is 2.73. The fraction of sp³-hybridized carbons (Fsp3) is 0.368. The molecule has 9 nitrogen and oxygen atoms in total. The molecule has 0 aromatic heterocycles. The van der Waals surface area contributed by atoms with Gasteiger partial charge in [0.1, 0.15) is 12.3 Å². The third kappa shape index (κ3) is 4.60. The molecule has 2 aromatic carbocycles. The molecule has 0 spiro atoms. The first-order valence-electron chi connectivity index (χ1n) is 9.21. The van der Waals surface area contributed by atoms with E-state index in [1.165, 1.54) is 19.2 Å². The minimum Gasteiger partial charge on any atom is -0.486 e. The molecule has 2 aromatic rings. The number of hydrogen-bond donors (Lipinski definition) is 1. The summed E-state index contributed by atoms with van der Waals surface area (Å²) in [5.74, 6) is 1.29. The van der Waals surface area contributed by atoms with Gasteiger partial charge in [-0.1, -0.05) is 19.1 Å². The van der Waals surface area contributed by atoms with E-state index in [9.17, 15) is 18.5 Å². The number of para-hydroxylation sites is 2. The van der Waals surface area contributed by atoms with Crippen molar-refractivity contribution >= 4 is 21.4 Å². The number of rotatable bonds is 8. The standard InChI is InChI=1S/C19H23N3O6S/c1-3-10-21(12-14-13-27-18-6-4-5-7-19(18)28-14)16-9-8-15(29(25,26)20-2)11-17(16)22(23)24/h4-9,11,14,20H,3,10,12-13H2,1-2H3. The van der Waals surface area contributed by atoms with Gasteiger partial charge in [0.2, 0.25) is 10.0 Å². The van der Waals surface area contributed by atoms with Crippen molar-refractivity contribution in [2.75, 3.05) is 31.6 Å². The number of nitro benzene ring substituents is 1. The lowest BCUT2D eigenvalue weighted by Gasteiger charge is -2.32. The van der Waals surface area contributed by atoms with Gasteiger partial charge >= 0.3 is 0 Å². The van der Waals surface area contributed by atoms with E-state index in [1.807, 2.05) is 36.1 Å². The molecule has 1 atom stereocenters. The quantitative estimate of drug-likeness (QED) is 0.515. The molecule has 3 rings (SSSR count). The Hall–Kier alpha value is -2.85. The van der Waals surface area contributed by atoms with Crippen molar-refractivity contribution < 1.29 is 22.8 Å². The highest BCUT2D eigenvalue weighted by molar-refractivity contribution is 7.89. The van der Waals surface area contributed by atoms with Crippen LogP contribution in [0.5, 0.6) is 11.5 Å². The smallest absolute Gasteiger partial charge is 0.293 e. The van der Waals surface area contributed by atoms with Crippen molar-refractivity contribution in [2.24, 2.45) is 0 Å². The Morgan fingerprint density at radius 3 is 2.62 bits per heavy atom. The molecule has 1 unspecified atom stereocenters. The summed E-state index contributed by atoms with van der Waals surface area (Å²) < 4.78 is 38.0. The fourth-order valence-electron chi connectivity index (χ4n) is 3.18. The highest BCUT2D eigenvalue weighted by atomic mass is 32.2. The molecule has 29 heavy (non-hydrogen) atoms. The van der Waals surface area contributed by atoms with Crippen LogP contribution in [-0.2, 0) is 10.0 Å². The van der Waals surface area contributed by atoms with Crippen LogP contribution in [0.2, 0.25) is 0 Å². The molecule has 1 aliphatic rings. The number of nitro groups is 1. The molecule has 0 saturated heterocycles. The molecule has 1 N–H and O–H groups in total. The summed E-state index contributed by atoms with van der Waals surface area (Å²) in [6.45, 7) is 3.19. The van der Waals surface area contributed by atoms with Crippen molar-refractivity contribution in [3.05, 3.63) is 52.6 Å². The number of anilines is 1. The summed E-state index contributed by atoms with van der Waals surface area (Å²) in [5, 5.41) is 11.7. The predicted octanol–water partition coefficient (Wildman–Crippen LogP) is 2.56. The zero-order chi connectivity index (χ0) is 21.0. The number of benzene rings is 2. The molecule has 10 heteroatoms. The van der Waals surface area contributed by atoms with Crippen LogP contribution in [0.4, 0.5) is 11.4 Å². The largest absolute Gasteiger partial charge is 0.486 e. The highest BCUT2D eigenvalue weighted by Crippen LogP contribution is 2.34. The molecule has 1 aliphatic heterocycles. The van der Waals surface area contributed by atoms with Crippen LogP contribution < -0.4 is 19.1 Å². The van der Waals surface area contributed by atoms with Crippen molar-refractivity contribution in [3.8, 4) is 11.5 Å². The van der Waals surface area contributed by atoms with E-state index in [2.05, 4.69) is 4.72 Å². The molecule has 0 fully saturated rings. The van der Waals surface area contributed by atoms with Gasteiger partial charge in [0.25, 0.3) is 5.69 Å². The molecule has 0 saturated carbocycles. The van der Waals surface area contributed by atoms with Crippen LogP contribution in [0, 0.1) is 10.1 Å². The Morgan fingerprint density at radius 1 is 1.24 bits per heavy atom. The van der Waals surface area contributed by atoms with Gasteiger partial charge in [-0.3, -0.25) is 10.1 Å². The fourth-order valence-corrected chi connectivity index (χ4v) is 3.93. The Morgan fingerprint density at radius 2 is 1.97 bits per heavy atom. The van der Waals surface area contributed by atoms with Gasteiger partial charge in [-0.2, -0.15) is 0 Å². The van der Waals surface area contributed by atoms with Gasteiger partial charge in [0.05, 0.1) is 16.4 Å². The van der Waals surface area contributed by atoms with E-state index < -0.39 is 14.9 Å². The molecular weight excluding hydrogens is 398 g/mol. The number of sulfonamides is 1. The Balaban J connectivity index is 1.90. The summed E-state index contributed by atoms with van der Waals surface area (Å²) >= 11 is 0. The van der Waals surface area contributed by atoms with Crippen LogP contribution >= 0.6 is 0 Å². The Labute approximate surface area is 169 Å². The van der Waals surface area contributed by atoms with E-state index in [4.69, 9.17) is 9.47 Å². The minimum absolute atomic E-state index is 0.155. The zero-order valence-corrected chi connectivity index (χ0v) is 17.0. The van der Waals surface area contributed by atoms with E-state index in [0.717, 1.165) is 12.5 Å². The molecule has 0 radical (unpaired) electrons. The van der Waals surface area contributed by atoms with Crippen molar-refractivity contribution in [2.45, 2.75) is 24.3 Å². The topological polar surface area (TPSA) is 111 Å². The SMILES string of the molecule is CCCN(CC1COc2ccccc2O1)c1ccc(S(=O)(=O)NC)cc1[N+](=O)[O-]. The third-order valence-corrected chi connectivity index (χ3v) is 5.96. The van der Waals surface area contributed by atoms with Gasteiger partial charge in [-0.15, -0.1) is 0 Å². The predicted molar refractivity (Wildman–Crippen MR) is 108 cm³/mol. The van der Waals surface area contributed by atoms with Crippen LogP contribution in [0.15, 0.2) is 47.4 Å². The Kier molecular flexibility index (Phi) is 6.23. The number of fused-ring (bicyclic) bond motifs is 1. The van der Waals surface area contributed by atoms with Gasteiger partial charge in [-0.25, -0.2) is 13.1 Å². The van der Waals surface area contributed by atoms with E-state index >= 15 is 0 Å². The summed E-state index contributed by atoms with van der Waals surface area (Å²) in [7, 11) is -2.53. The van der Waals surface area contributed by atoms with Crippen LogP contribution in [0.1, 0.15) is 13.3 Å². The average molecular weight is 421 g/mol. The third-order valence-electron chi connectivity index (χ3n) is 4.55. The number of ether oxygens (including phenoxy) is 2. The second-order valence-electron chi connectivity index (χ2n) is 6.56. The first-order chi connectivity index (χ1) is 13.9. The van der Waals surface area contributed by atoms with Crippen LogP contribution in [0.25, 0.3) is 0 Å². The van der Waals surface area contributed by atoms with Crippen molar-refractivity contribution in [3.63, 3.8) is 0 Å². The van der Waals surface area contributed by atoms with Crippen LogP contribution in [-0.4, -0.2) is 46.2 Å². The van der Waals surface area contributed by atoms with Gasteiger partial charge in [-0.05, 0) is 37.7 Å². The maximum Gasteiger partial charge on any atom is 0.293 e. The number of hydrogen-bond acceptors (Lipinski definition) is 7. The van der Waals surface area contributed by atoms with Crippen LogP contribution in [0.3, 0.4) is 0 Å². The van der Waals surface area contributed by atoms with Crippen molar-refractivity contribution in [1.29, 1.82) is 0 Å². The lowest BCUT2D eigenvalue weighted by atomic mass is 10.2. The lowest BCUT2D eigenvalue weighted by molar-refractivity contribution is -0.384. The zero-order valence-electron chi connectivity index (χ0n) is 16.2. The first kappa shape index (κ1) is 20.9. The summed E-state index contributed by atoms with van der Waals surface area (Å²) in [6.07, 6.45) is 0.425. The normalized spacial score (nSPS) is 15.7. The van der Waals surface area contributed by atoms with E-state index in [0.29, 0.717) is 36.9 Å². The maximum absolute atomic E-state index is 12.0. The van der Waals surface area contributed by atoms with Gasteiger partial charge in [0.15, 0.2) is 17.6 Å². The minimum atomic E-state index is -3.79. The molecular formula is C19H23N3O6S. The van der Waals surface area contributed by atoms with Crippen molar-refractivity contribution in [1.82, 2.24) is 4.72 Å². The molecule has 156 valence electrons. The summed E-state index contributed by atoms with van der Waals surface area (Å²) in [5.41, 5.74) is 0.0706. The summed E-state index contributed by atoms with van der Waals surface area (Å²) in [6, 6.07) is 11.3. The molecule has 0 amide bonds.